The third-order valence-electron chi connectivity index (χ3n) is 3.46. The molecule has 10 nitrogen and oxygen atoms in total. The van der Waals surface area contributed by atoms with Crippen LogP contribution in [0.5, 0.6) is 0 Å². The van der Waals surface area contributed by atoms with Crippen LogP contribution in [-0.4, -0.2) is 54.3 Å². The molecule has 0 saturated carbocycles. The van der Waals surface area contributed by atoms with Crippen LogP contribution in [0.2, 0.25) is 0 Å². The highest BCUT2D eigenvalue weighted by Gasteiger charge is 2.31. The fraction of sp³-hybridized carbons (Fsp3) is 0.412. The maximum absolute atomic E-state index is 12.3. The van der Waals surface area contributed by atoms with Crippen LogP contribution in [0, 0.1) is 0 Å². The number of hydrogen-bond donors (Lipinski definition) is 4. The standard InChI is InChI=1S/C17H23N3O7/c1-10(21)14(16(24)26-2)20-15(23)12(8-13(18)22)19-17(25)27-9-11-6-4-3-5-7-11/h3-7,10,12,14,21H,8-9H2,1-2H3,(H2,18,22)(H,19,25)(H,20,23)/t10-,12-,14+/m0/s1. The van der Waals surface area contributed by atoms with E-state index in [1.54, 1.807) is 30.3 Å². The van der Waals surface area contributed by atoms with Crippen LogP contribution in [0.25, 0.3) is 0 Å². The first kappa shape index (κ1) is 21.9. The van der Waals surface area contributed by atoms with Gasteiger partial charge in [-0.2, -0.15) is 0 Å². The molecule has 3 atom stereocenters. The first-order valence-corrected chi connectivity index (χ1v) is 8.06. The predicted molar refractivity (Wildman–Crippen MR) is 93.0 cm³/mol. The number of nitrogens with one attached hydrogen (secondary N) is 2. The maximum Gasteiger partial charge on any atom is 0.408 e. The Labute approximate surface area is 156 Å². The Balaban J connectivity index is 2.72. The van der Waals surface area contributed by atoms with Gasteiger partial charge in [-0.15, -0.1) is 0 Å². The van der Waals surface area contributed by atoms with Crippen molar-refractivity contribution >= 4 is 23.9 Å². The van der Waals surface area contributed by atoms with Gasteiger partial charge in [0.05, 0.1) is 19.6 Å². The fourth-order valence-corrected chi connectivity index (χ4v) is 2.07. The lowest BCUT2D eigenvalue weighted by molar-refractivity contribution is -0.148. The molecule has 5 N–H and O–H groups in total. The number of benzene rings is 1. The van der Waals surface area contributed by atoms with Gasteiger partial charge < -0.3 is 30.9 Å². The van der Waals surface area contributed by atoms with Crippen LogP contribution < -0.4 is 16.4 Å². The molecular formula is C17H23N3O7. The number of esters is 1. The summed E-state index contributed by atoms with van der Waals surface area (Å²) in [4.78, 5) is 47.0. The molecule has 0 heterocycles. The van der Waals surface area contributed by atoms with Crippen LogP contribution in [0.1, 0.15) is 18.9 Å². The Morgan fingerprint density at radius 1 is 1.15 bits per heavy atom. The Bertz CT molecular complexity index is 664. The third-order valence-corrected chi connectivity index (χ3v) is 3.46. The minimum absolute atomic E-state index is 0.0456. The number of hydrogen-bond acceptors (Lipinski definition) is 7. The number of carbonyl (C=O) groups excluding carboxylic acids is 4. The van der Waals surface area contributed by atoms with E-state index in [2.05, 4.69) is 15.4 Å². The summed E-state index contributed by atoms with van der Waals surface area (Å²) in [6, 6.07) is 6.05. The monoisotopic (exact) mass is 381 g/mol. The molecule has 10 heteroatoms. The summed E-state index contributed by atoms with van der Waals surface area (Å²) in [5, 5.41) is 14.0. The first-order chi connectivity index (χ1) is 12.7. The average molecular weight is 381 g/mol. The zero-order valence-corrected chi connectivity index (χ0v) is 15.0. The molecule has 148 valence electrons. The number of aliphatic hydroxyl groups is 1. The van der Waals surface area contributed by atoms with Gasteiger partial charge in [-0.05, 0) is 12.5 Å². The Morgan fingerprint density at radius 2 is 1.78 bits per heavy atom. The van der Waals surface area contributed by atoms with E-state index < -0.39 is 48.5 Å². The van der Waals surface area contributed by atoms with E-state index >= 15 is 0 Å². The van der Waals surface area contributed by atoms with Crippen molar-refractivity contribution in [3.8, 4) is 0 Å². The van der Waals surface area contributed by atoms with E-state index in [4.69, 9.17) is 10.5 Å². The number of rotatable bonds is 9. The highest BCUT2D eigenvalue weighted by molar-refractivity contribution is 5.93. The van der Waals surface area contributed by atoms with E-state index in [9.17, 15) is 24.3 Å². The van der Waals surface area contributed by atoms with Crippen LogP contribution in [-0.2, 0) is 30.5 Å². The number of aliphatic hydroxyl groups excluding tert-OH is 1. The molecule has 0 spiro atoms. The van der Waals surface area contributed by atoms with Gasteiger partial charge in [-0.1, -0.05) is 30.3 Å². The molecule has 0 radical (unpaired) electrons. The first-order valence-electron chi connectivity index (χ1n) is 8.06. The second kappa shape index (κ2) is 10.8. The lowest BCUT2D eigenvalue weighted by atomic mass is 10.1. The average Bonchev–Trinajstić information content (AvgIpc) is 2.63. The lowest BCUT2D eigenvalue weighted by Gasteiger charge is -2.22. The Hall–Kier alpha value is -3.14. The second-order valence-electron chi connectivity index (χ2n) is 5.68. The maximum atomic E-state index is 12.3. The van der Waals surface area contributed by atoms with Gasteiger partial charge in [0.1, 0.15) is 12.6 Å². The highest BCUT2D eigenvalue weighted by atomic mass is 16.5. The van der Waals surface area contributed by atoms with Crippen molar-refractivity contribution in [2.75, 3.05) is 7.11 Å². The lowest BCUT2D eigenvalue weighted by Crippen LogP contribution is -2.55. The minimum Gasteiger partial charge on any atom is -0.467 e. The molecule has 1 rings (SSSR count). The molecule has 27 heavy (non-hydrogen) atoms. The van der Waals surface area contributed by atoms with Gasteiger partial charge in [-0.25, -0.2) is 9.59 Å². The fourth-order valence-electron chi connectivity index (χ4n) is 2.07. The van der Waals surface area contributed by atoms with Crippen molar-refractivity contribution in [1.29, 1.82) is 0 Å². The molecule has 0 bridgehead atoms. The number of methoxy groups -OCH3 is 1. The number of alkyl carbamates (subject to hydrolysis) is 1. The van der Waals surface area contributed by atoms with Crippen LogP contribution in [0.3, 0.4) is 0 Å². The van der Waals surface area contributed by atoms with Gasteiger partial charge in [0.25, 0.3) is 0 Å². The minimum atomic E-state index is -1.39. The number of ether oxygens (including phenoxy) is 2. The van der Waals surface area contributed by atoms with Crippen LogP contribution >= 0.6 is 0 Å². The molecule has 0 aliphatic carbocycles. The highest BCUT2D eigenvalue weighted by Crippen LogP contribution is 2.03. The van der Waals surface area contributed by atoms with E-state index in [0.29, 0.717) is 0 Å². The smallest absolute Gasteiger partial charge is 0.408 e. The normalized spacial score (nSPS) is 13.6. The predicted octanol–water partition coefficient (Wildman–Crippen LogP) is -0.805. The molecule has 1 aromatic rings. The summed E-state index contributed by atoms with van der Waals surface area (Å²) < 4.78 is 9.47. The molecule has 0 unspecified atom stereocenters. The van der Waals surface area contributed by atoms with Crippen LogP contribution in [0.15, 0.2) is 30.3 Å². The van der Waals surface area contributed by atoms with Crippen molar-refractivity contribution in [2.45, 2.75) is 38.1 Å². The van der Waals surface area contributed by atoms with Crippen molar-refractivity contribution in [1.82, 2.24) is 10.6 Å². The van der Waals surface area contributed by atoms with Gasteiger partial charge in [0.2, 0.25) is 11.8 Å². The Morgan fingerprint density at radius 3 is 2.30 bits per heavy atom. The summed E-state index contributed by atoms with van der Waals surface area (Å²) >= 11 is 0. The number of primary amides is 1. The quantitative estimate of drug-likeness (QED) is 0.408. The second-order valence-corrected chi connectivity index (χ2v) is 5.68. The number of amides is 3. The van der Waals surface area contributed by atoms with Gasteiger partial charge in [0, 0.05) is 0 Å². The molecule has 1 aromatic carbocycles. The molecular weight excluding hydrogens is 358 g/mol. The van der Waals surface area contributed by atoms with E-state index in [1.165, 1.54) is 6.92 Å². The van der Waals surface area contributed by atoms with Crippen molar-refractivity contribution in [2.24, 2.45) is 5.73 Å². The summed E-state index contributed by atoms with van der Waals surface area (Å²) in [5.41, 5.74) is 5.82. The molecule has 0 aliphatic rings. The summed E-state index contributed by atoms with van der Waals surface area (Å²) in [6.45, 7) is 1.22. The molecule has 0 saturated heterocycles. The van der Waals surface area contributed by atoms with E-state index in [0.717, 1.165) is 12.7 Å². The number of nitrogens with two attached hydrogens (primary N) is 1. The topological polar surface area (TPSA) is 157 Å². The summed E-state index contributed by atoms with van der Waals surface area (Å²) in [7, 11) is 1.09. The molecule has 0 fully saturated rings. The van der Waals surface area contributed by atoms with Crippen molar-refractivity contribution < 1.29 is 33.8 Å². The largest absolute Gasteiger partial charge is 0.467 e. The van der Waals surface area contributed by atoms with Gasteiger partial charge >= 0.3 is 12.1 Å². The molecule has 0 aromatic heterocycles. The Kier molecular flexibility index (Phi) is 8.73. The summed E-state index contributed by atoms with van der Waals surface area (Å²) in [5.74, 6) is -2.64. The zero-order chi connectivity index (χ0) is 20.4. The molecule has 3 amide bonds. The van der Waals surface area contributed by atoms with Gasteiger partial charge in [0.15, 0.2) is 6.04 Å². The van der Waals surface area contributed by atoms with Crippen molar-refractivity contribution in [3.05, 3.63) is 35.9 Å². The molecule has 0 aliphatic heterocycles. The zero-order valence-electron chi connectivity index (χ0n) is 15.0. The van der Waals surface area contributed by atoms with E-state index in [1.807, 2.05) is 0 Å². The third kappa shape index (κ3) is 7.74. The van der Waals surface area contributed by atoms with Crippen molar-refractivity contribution in [3.63, 3.8) is 0 Å². The summed E-state index contributed by atoms with van der Waals surface area (Å²) in [6.07, 6.45) is -2.74. The van der Waals surface area contributed by atoms with E-state index in [-0.39, 0.29) is 6.61 Å². The number of carbonyl (C=O) groups is 4. The SMILES string of the molecule is COC(=O)[C@H](NC(=O)[C@H](CC(N)=O)NC(=O)OCc1ccccc1)[C@H](C)O. The van der Waals surface area contributed by atoms with Crippen LogP contribution in [0.4, 0.5) is 4.79 Å². The van der Waals surface area contributed by atoms with Gasteiger partial charge in [-0.3, -0.25) is 9.59 Å².